The first-order valence-electron chi connectivity index (χ1n) is 11.1. The largest absolute Gasteiger partial charge is 0.490 e. The number of aryl methyl sites for hydroxylation is 1. The molecule has 0 saturated carbocycles. The number of nitrogens with one attached hydrogen (secondary N) is 3. The summed E-state index contributed by atoms with van der Waals surface area (Å²) in [5, 5.41) is 9.53. The van der Waals surface area contributed by atoms with Crippen LogP contribution in [0.2, 0.25) is 10.0 Å². The third-order valence-electron chi connectivity index (χ3n) is 4.68. The van der Waals surface area contributed by atoms with Crippen molar-refractivity contribution in [1.82, 2.24) is 5.43 Å². The second-order valence-electron chi connectivity index (χ2n) is 7.63. The van der Waals surface area contributed by atoms with Crippen molar-refractivity contribution in [3.8, 4) is 11.5 Å². The molecule has 3 aromatic carbocycles. The molecule has 0 aliphatic heterocycles. The van der Waals surface area contributed by atoms with Crippen LogP contribution in [0.15, 0.2) is 65.8 Å². The van der Waals surface area contributed by atoms with Crippen molar-refractivity contribution in [1.29, 1.82) is 0 Å². The molecule has 192 valence electrons. The molecular weight excluding hydrogens is 519 g/mol. The number of ether oxygens (including phenoxy) is 2. The topological polar surface area (TPSA) is 118 Å². The van der Waals surface area contributed by atoms with E-state index in [-0.39, 0.29) is 29.0 Å². The number of hydrazone groups is 1. The van der Waals surface area contributed by atoms with Gasteiger partial charge in [-0.25, -0.2) is 5.43 Å². The zero-order chi connectivity index (χ0) is 26.8. The molecule has 0 atom stereocenters. The molecule has 0 aromatic heterocycles. The van der Waals surface area contributed by atoms with Gasteiger partial charge in [0, 0.05) is 16.4 Å². The first-order chi connectivity index (χ1) is 17.7. The predicted octanol–water partition coefficient (Wildman–Crippen LogP) is 4.81. The Labute approximate surface area is 223 Å². The molecule has 3 amide bonds. The fraction of sp³-hybridized carbons (Fsp3) is 0.154. The minimum Gasteiger partial charge on any atom is -0.490 e. The van der Waals surface area contributed by atoms with E-state index in [9.17, 15) is 14.4 Å². The summed E-state index contributed by atoms with van der Waals surface area (Å²) in [6.07, 6.45) is 1.28. The van der Waals surface area contributed by atoms with Gasteiger partial charge in [-0.2, -0.15) is 5.10 Å². The molecule has 0 heterocycles. The van der Waals surface area contributed by atoms with E-state index in [1.165, 1.54) is 18.3 Å². The Morgan fingerprint density at radius 1 is 0.919 bits per heavy atom. The van der Waals surface area contributed by atoms with E-state index in [0.717, 1.165) is 5.56 Å². The van der Waals surface area contributed by atoms with Gasteiger partial charge < -0.3 is 20.1 Å². The minimum atomic E-state index is -0.980. The van der Waals surface area contributed by atoms with E-state index in [1.807, 2.05) is 19.1 Å². The van der Waals surface area contributed by atoms with E-state index in [4.69, 9.17) is 32.7 Å². The molecule has 0 spiro atoms. The lowest BCUT2D eigenvalue weighted by Gasteiger charge is -2.14. The summed E-state index contributed by atoms with van der Waals surface area (Å²) in [7, 11) is 0. The smallest absolute Gasteiger partial charge is 0.329 e. The lowest BCUT2D eigenvalue weighted by Crippen LogP contribution is -2.32. The normalized spacial score (nSPS) is 10.6. The lowest BCUT2D eigenvalue weighted by atomic mass is 10.2. The van der Waals surface area contributed by atoms with Gasteiger partial charge in [0.1, 0.15) is 0 Å². The second kappa shape index (κ2) is 13.3. The molecule has 0 bridgehead atoms. The molecule has 3 rings (SSSR count). The van der Waals surface area contributed by atoms with Crippen molar-refractivity contribution < 1.29 is 23.9 Å². The number of carbonyl (C=O) groups excluding carboxylic acids is 3. The van der Waals surface area contributed by atoms with E-state index in [1.54, 1.807) is 43.3 Å². The number of hydrogen-bond donors (Lipinski definition) is 3. The molecule has 0 aliphatic carbocycles. The van der Waals surface area contributed by atoms with Crippen molar-refractivity contribution in [3.05, 3.63) is 81.8 Å². The van der Waals surface area contributed by atoms with Gasteiger partial charge in [0.05, 0.1) is 17.8 Å². The zero-order valence-corrected chi connectivity index (χ0v) is 21.5. The highest BCUT2D eigenvalue weighted by Crippen LogP contribution is 2.36. The van der Waals surface area contributed by atoms with Crippen LogP contribution >= 0.6 is 23.2 Å². The van der Waals surface area contributed by atoms with Crippen LogP contribution in [-0.4, -0.2) is 37.1 Å². The third-order valence-corrected chi connectivity index (χ3v) is 5.20. The fourth-order valence-corrected chi connectivity index (χ4v) is 3.47. The first kappa shape index (κ1) is 27.5. The molecule has 0 saturated heterocycles. The van der Waals surface area contributed by atoms with Crippen LogP contribution in [0, 0.1) is 6.92 Å². The Bertz CT molecular complexity index is 1310. The molecule has 0 aliphatic rings. The van der Waals surface area contributed by atoms with Crippen LogP contribution < -0.4 is 25.5 Å². The van der Waals surface area contributed by atoms with Gasteiger partial charge in [0.25, 0.3) is 5.91 Å². The predicted molar refractivity (Wildman–Crippen MR) is 144 cm³/mol. The van der Waals surface area contributed by atoms with Crippen molar-refractivity contribution in [3.63, 3.8) is 0 Å². The van der Waals surface area contributed by atoms with Crippen LogP contribution in [0.3, 0.4) is 0 Å². The number of nitrogens with zero attached hydrogens (tertiary/aromatic N) is 1. The van der Waals surface area contributed by atoms with Crippen LogP contribution in [-0.2, 0) is 14.4 Å². The van der Waals surface area contributed by atoms with Crippen molar-refractivity contribution >= 4 is 58.5 Å². The maximum atomic E-state index is 12.3. The molecule has 37 heavy (non-hydrogen) atoms. The number of amides is 3. The van der Waals surface area contributed by atoms with E-state index in [0.29, 0.717) is 28.6 Å². The Morgan fingerprint density at radius 3 is 2.38 bits per heavy atom. The van der Waals surface area contributed by atoms with Gasteiger partial charge in [-0.1, -0.05) is 47.0 Å². The highest BCUT2D eigenvalue weighted by atomic mass is 35.5. The Hall–Kier alpha value is -4.08. The number of halogens is 2. The number of rotatable bonds is 9. The Morgan fingerprint density at radius 2 is 1.68 bits per heavy atom. The Balaban J connectivity index is 1.61. The number of hydrogen-bond acceptors (Lipinski definition) is 6. The summed E-state index contributed by atoms with van der Waals surface area (Å²) in [5.41, 5.74) is 4.68. The maximum Gasteiger partial charge on any atom is 0.329 e. The summed E-state index contributed by atoms with van der Waals surface area (Å²) in [6.45, 7) is 3.75. The van der Waals surface area contributed by atoms with Crippen molar-refractivity contribution in [2.75, 3.05) is 23.8 Å². The van der Waals surface area contributed by atoms with E-state index < -0.39 is 11.8 Å². The van der Waals surface area contributed by atoms with Crippen LogP contribution in [0.4, 0.5) is 11.4 Å². The van der Waals surface area contributed by atoms with Crippen molar-refractivity contribution in [2.45, 2.75) is 13.8 Å². The molecule has 0 unspecified atom stereocenters. The van der Waals surface area contributed by atoms with Gasteiger partial charge in [-0.05, 0) is 61.9 Å². The number of benzene rings is 3. The molecule has 9 nitrogen and oxygen atoms in total. The van der Waals surface area contributed by atoms with E-state index in [2.05, 4.69) is 21.2 Å². The quantitative estimate of drug-likeness (QED) is 0.204. The Kier molecular flexibility index (Phi) is 9.88. The van der Waals surface area contributed by atoms with Gasteiger partial charge in [0.15, 0.2) is 18.1 Å². The zero-order valence-electron chi connectivity index (χ0n) is 20.0. The lowest BCUT2D eigenvalue weighted by molar-refractivity contribution is -0.136. The monoisotopic (exact) mass is 542 g/mol. The van der Waals surface area contributed by atoms with Gasteiger partial charge in [-0.3, -0.25) is 14.4 Å². The molecule has 3 aromatic rings. The summed E-state index contributed by atoms with van der Waals surface area (Å²) in [4.78, 5) is 36.4. The van der Waals surface area contributed by atoms with Gasteiger partial charge >= 0.3 is 11.8 Å². The van der Waals surface area contributed by atoms with Gasteiger partial charge in [-0.15, -0.1) is 0 Å². The minimum absolute atomic E-state index is 0.167. The average Bonchev–Trinajstić information content (AvgIpc) is 2.85. The first-order valence-corrected chi connectivity index (χ1v) is 11.9. The highest BCUT2D eigenvalue weighted by Gasteiger charge is 2.15. The summed E-state index contributed by atoms with van der Waals surface area (Å²) in [5.74, 6) is -1.80. The summed E-state index contributed by atoms with van der Waals surface area (Å²) < 4.78 is 11.2. The number of anilines is 2. The molecule has 0 fully saturated rings. The number of carbonyl (C=O) groups is 3. The third kappa shape index (κ3) is 8.52. The summed E-state index contributed by atoms with van der Waals surface area (Å²) in [6, 6.07) is 16.8. The van der Waals surface area contributed by atoms with Crippen LogP contribution in [0.1, 0.15) is 18.1 Å². The fourth-order valence-electron chi connectivity index (χ4n) is 3.01. The van der Waals surface area contributed by atoms with Crippen LogP contribution in [0.5, 0.6) is 11.5 Å². The van der Waals surface area contributed by atoms with Gasteiger partial charge in [0.2, 0.25) is 0 Å². The molecular formula is C26H24Cl2N4O5. The standard InChI is InChI=1S/C26H24Cl2N4O5/c1-3-36-22-12-17(14-29-32-26(35)25(34)31-20-6-4-5-18(27)13-20)11-21(28)24(22)37-15-23(33)30-19-9-7-16(2)8-10-19/h4-14H,3,15H2,1-2H3,(H,30,33)(H,31,34)(H,32,35)/b29-14-. The second-order valence-corrected chi connectivity index (χ2v) is 8.47. The van der Waals surface area contributed by atoms with E-state index >= 15 is 0 Å². The highest BCUT2D eigenvalue weighted by molar-refractivity contribution is 6.39. The maximum absolute atomic E-state index is 12.3. The average molecular weight is 543 g/mol. The van der Waals surface area contributed by atoms with Crippen LogP contribution in [0.25, 0.3) is 0 Å². The molecule has 0 radical (unpaired) electrons. The van der Waals surface area contributed by atoms with Crippen molar-refractivity contribution in [2.24, 2.45) is 5.10 Å². The molecule has 11 heteroatoms. The molecule has 3 N–H and O–H groups in total. The SMILES string of the molecule is CCOc1cc(/C=N\NC(=O)C(=O)Nc2cccc(Cl)c2)cc(Cl)c1OCC(=O)Nc1ccc(C)cc1. The summed E-state index contributed by atoms with van der Waals surface area (Å²) >= 11 is 12.2.